The summed E-state index contributed by atoms with van der Waals surface area (Å²) in [7, 11) is 0. The van der Waals surface area contributed by atoms with Crippen LogP contribution in [0.25, 0.3) is 0 Å². The van der Waals surface area contributed by atoms with Gasteiger partial charge in [-0.3, -0.25) is 4.79 Å². The van der Waals surface area contributed by atoms with Crippen molar-refractivity contribution >= 4 is 61.6 Å². The summed E-state index contributed by atoms with van der Waals surface area (Å²) in [4.78, 5) is 14.5. The van der Waals surface area contributed by atoms with Crippen LogP contribution in [0.4, 0.5) is 0 Å². The molecule has 18 heavy (non-hydrogen) atoms. The Morgan fingerprint density at radius 1 is 1.56 bits per heavy atom. The number of carbonyl (C=O) groups is 1. The van der Waals surface area contributed by atoms with Crippen molar-refractivity contribution in [2.45, 2.75) is 13.3 Å². The molecule has 1 aromatic carbocycles. The lowest BCUT2D eigenvalue weighted by Gasteiger charge is -2.22. The monoisotopic (exact) mass is 440 g/mol. The van der Waals surface area contributed by atoms with Crippen molar-refractivity contribution in [1.82, 2.24) is 4.90 Å². The second-order valence-electron chi connectivity index (χ2n) is 3.82. The molecule has 1 aromatic rings. The first-order valence-corrected chi connectivity index (χ1v) is 7.76. The Kier molecular flexibility index (Phi) is 6.51. The molecule has 3 nitrogen and oxygen atoms in total. The van der Waals surface area contributed by atoms with Crippen LogP contribution in [0.1, 0.15) is 23.7 Å². The predicted octanol–water partition coefficient (Wildman–Crippen LogP) is 3.19. The van der Waals surface area contributed by atoms with Crippen LogP contribution in [0.5, 0.6) is 0 Å². The van der Waals surface area contributed by atoms with E-state index in [9.17, 15) is 4.79 Å². The van der Waals surface area contributed by atoms with Crippen molar-refractivity contribution in [3.63, 3.8) is 0 Å². The highest BCUT2D eigenvalue weighted by molar-refractivity contribution is 14.1. The van der Waals surface area contributed by atoms with Gasteiger partial charge in [-0.1, -0.05) is 35.1 Å². The molecule has 1 rings (SSSR count). The maximum absolute atomic E-state index is 12.4. The van der Waals surface area contributed by atoms with Gasteiger partial charge in [0.15, 0.2) is 0 Å². The molecular formula is C12H14BrIN2OS. The van der Waals surface area contributed by atoms with E-state index in [1.807, 2.05) is 25.1 Å². The number of hydrogen-bond acceptors (Lipinski definition) is 2. The summed E-state index contributed by atoms with van der Waals surface area (Å²) in [5.74, 6) is -0.0321. The van der Waals surface area contributed by atoms with Crippen LogP contribution in [0.2, 0.25) is 0 Å². The van der Waals surface area contributed by atoms with E-state index >= 15 is 0 Å². The Hall–Kier alpha value is -0.210. The molecule has 0 spiro atoms. The van der Waals surface area contributed by atoms with Crippen LogP contribution in [0.15, 0.2) is 22.7 Å². The van der Waals surface area contributed by atoms with Gasteiger partial charge in [-0.05, 0) is 47.2 Å². The number of amides is 1. The van der Waals surface area contributed by atoms with Gasteiger partial charge < -0.3 is 10.6 Å². The topological polar surface area (TPSA) is 46.3 Å². The van der Waals surface area contributed by atoms with Crippen molar-refractivity contribution < 1.29 is 4.79 Å². The van der Waals surface area contributed by atoms with Crippen LogP contribution in [-0.4, -0.2) is 28.9 Å². The number of thiocarbonyl (C=S) groups is 1. The van der Waals surface area contributed by atoms with Crippen molar-refractivity contribution in [2.75, 3.05) is 13.1 Å². The molecule has 0 heterocycles. The molecule has 0 radical (unpaired) electrons. The summed E-state index contributed by atoms with van der Waals surface area (Å²) in [5, 5.41) is 0. The molecule has 0 bridgehead atoms. The summed E-state index contributed by atoms with van der Waals surface area (Å²) in [5.41, 5.74) is 6.21. The van der Waals surface area contributed by atoms with Crippen molar-refractivity contribution in [1.29, 1.82) is 0 Å². The summed E-state index contributed by atoms with van der Waals surface area (Å²) in [6.07, 6.45) is 0.874. The fraction of sp³-hybridized carbons (Fsp3) is 0.333. The number of halogens is 2. The van der Waals surface area contributed by atoms with E-state index in [0.29, 0.717) is 23.6 Å². The number of hydrogen-bond donors (Lipinski definition) is 1. The molecule has 0 atom stereocenters. The summed E-state index contributed by atoms with van der Waals surface area (Å²) >= 11 is 10.4. The van der Waals surface area contributed by atoms with Crippen LogP contribution >= 0.6 is 50.7 Å². The highest BCUT2D eigenvalue weighted by Gasteiger charge is 2.18. The molecule has 0 saturated heterocycles. The molecule has 0 aliphatic heterocycles. The van der Waals surface area contributed by atoms with Crippen molar-refractivity contribution in [3.8, 4) is 0 Å². The molecule has 98 valence electrons. The maximum atomic E-state index is 12.4. The van der Waals surface area contributed by atoms with E-state index in [-0.39, 0.29) is 5.91 Å². The third kappa shape index (κ3) is 4.47. The van der Waals surface area contributed by atoms with Crippen LogP contribution < -0.4 is 5.73 Å². The quantitative estimate of drug-likeness (QED) is 0.564. The van der Waals surface area contributed by atoms with Gasteiger partial charge in [-0.2, -0.15) is 0 Å². The van der Waals surface area contributed by atoms with Crippen molar-refractivity contribution in [3.05, 3.63) is 31.8 Å². The van der Waals surface area contributed by atoms with Gasteiger partial charge in [0.1, 0.15) is 0 Å². The first-order chi connectivity index (χ1) is 8.45. The number of rotatable bonds is 5. The van der Waals surface area contributed by atoms with Gasteiger partial charge in [0.2, 0.25) is 0 Å². The first kappa shape index (κ1) is 15.8. The standard InChI is InChI=1S/C12H14BrIN2OS/c1-2-5-16(7-11(15)18)12(17)9-6-8(13)3-4-10(9)14/h3-4,6H,2,5,7H2,1H3,(H2,15,18). The Bertz CT molecular complexity index is 467. The lowest BCUT2D eigenvalue weighted by molar-refractivity contribution is 0.0779. The average molecular weight is 441 g/mol. The highest BCUT2D eigenvalue weighted by Crippen LogP contribution is 2.20. The number of nitrogens with two attached hydrogens (primary N) is 1. The minimum Gasteiger partial charge on any atom is -0.392 e. The summed E-state index contributed by atoms with van der Waals surface area (Å²) in [6, 6.07) is 5.64. The lowest BCUT2D eigenvalue weighted by atomic mass is 10.2. The second kappa shape index (κ2) is 7.40. The molecule has 2 N–H and O–H groups in total. The van der Waals surface area contributed by atoms with Crippen LogP contribution in [0.3, 0.4) is 0 Å². The Balaban J connectivity index is 3.01. The van der Waals surface area contributed by atoms with Gasteiger partial charge in [-0.15, -0.1) is 0 Å². The molecule has 0 aliphatic rings. The fourth-order valence-electron chi connectivity index (χ4n) is 1.54. The molecule has 6 heteroatoms. The molecule has 0 aliphatic carbocycles. The third-order valence-electron chi connectivity index (χ3n) is 2.29. The minimum atomic E-state index is -0.0321. The van der Waals surface area contributed by atoms with E-state index in [2.05, 4.69) is 38.5 Å². The van der Waals surface area contributed by atoms with Gasteiger partial charge in [0, 0.05) is 14.6 Å². The van der Waals surface area contributed by atoms with Gasteiger partial charge >= 0.3 is 0 Å². The average Bonchev–Trinajstić information content (AvgIpc) is 2.30. The predicted molar refractivity (Wildman–Crippen MR) is 89.8 cm³/mol. The molecule has 0 unspecified atom stereocenters. The van der Waals surface area contributed by atoms with Crippen LogP contribution in [0, 0.1) is 3.57 Å². The Morgan fingerprint density at radius 3 is 2.78 bits per heavy atom. The van der Waals surface area contributed by atoms with Gasteiger partial charge in [-0.25, -0.2) is 0 Å². The lowest BCUT2D eigenvalue weighted by Crippen LogP contribution is -2.38. The molecule has 0 fully saturated rings. The smallest absolute Gasteiger partial charge is 0.255 e. The minimum absolute atomic E-state index is 0.0321. The normalized spacial score (nSPS) is 10.2. The zero-order chi connectivity index (χ0) is 13.7. The summed E-state index contributed by atoms with van der Waals surface area (Å²) < 4.78 is 1.81. The molecule has 0 saturated carbocycles. The van der Waals surface area contributed by atoms with Crippen molar-refractivity contribution in [2.24, 2.45) is 5.73 Å². The van der Waals surface area contributed by atoms with E-state index in [4.69, 9.17) is 18.0 Å². The molecule has 0 aromatic heterocycles. The maximum Gasteiger partial charge on any atom is 0.255 e. The van der Waals surface area contributed by atoms with E-state index in [0.717, 1.165) is 14.5 Å². The number of nitrogens with zero attached hydrogens (tertiary/aromatic N) is 1. The SMILES string of the molecule is CCCN(CC(N)=S)C(=O)c1cc(Br)ccc1I. The number of carbonyl (C=O) groups excluding carboxylic acids is 1. The molecular weight excluding hydrogens is 427 g/mol. The molecule has 1 amide bonds. The van der Waals surface area contributed by atoms with Gasteiger partial charge in [0.25, 0.3) is 5.91 Å². The largest absolute Gasteiger partial charge is 0.392 e. The van der Waals surface area contributed by atoms with Gasteiger partial charge in [0.05, 0.1) is 17.1 Å². The highest BCUT2D eigenvalue weighted by atomic mass is 127. The Labute approximate surface area is 134 Å². The van der Waals surface area contributed by atoms with E-state index in [1.165, 1.54) is 0 Å². The second-order valence-corrected chi connectivity index (χ2v) is 6.42. The fourth-order valence-corrected chi connectivity index (χ4v) is 2.63. The first-order valence-electron chi connectivity index (χ1n) is 5.48. The third-order valence-corrected chi connectivity index (χ3v) is 3.85. The zero-order valence-electron chi connectivity index (χ0n) is 9.95. The van der Waals surface area contributed by atoms with E-state index in [1.54, 1.807) is 4.90 Å². The zero-order valence-corrected chi connectivity index (χ0v) is 14.5. The van der Waals surface area contributed by atoms with Crippen LogP contribution in [-0.2, 0) is 0 Å². The van der Waals surface area contributed by atoms with E-state index < -0.39 is 0 Å². The number of benzene rings is 1. The Morgan fingerprint density at radius 2 is 2.22 bits per heavy atom. The summed E-state index contributed by atoms with van der Waals surface area (Å²) in [6.45, 7) is 3.00.